The zero-order valence-electron chi connectivity index (χ0n) is 13.7. The third-order valence-electron chi connectivity index (χ3n) is 3.23. The first-order chi connectivity index (χ1) is 11.9. The van der Waals surface area contributed by atoms with Crippen molar-refractivity contribution >= 4 is 33.5 Å². The van der Waals surface area contributed by atoms with Gasteiger partial charge in [-0.15, -0.1) is 0 Å². The van der Waals surface area contributed by atoms with Crippen LogP contribution >= 0.6 is 15.9 Å². The predicted octanol–water partition coefficient (Wildman–Crippen LogP) is 4.17. The average Bonchev–Trinajstić information content (AvgIpc) is 2.58. The number of amides is 1. The fourth-order valence-corrected chi connectivity index (χ4v) is 2.34. The molecule has 2 rings (SSSR count). The highest BCUT2D eigenvalue weighted by molar-refractivity contribution is 9.10. The lowest BCUT2D eigenvalue weighted by Crippen LogP contribution is -2.30. The van der Waals surface area contributed by atoms with Crippen LogP contribution < -0.4 is 10.1 Å². The molecule has 1 N–H and O–H groups in total. The molecule has 0 spiro atoms. The number of carbonyl (C=O) groups is 2. The first-order valence-electron chi connectivity index (χ1n) is 7.60. The highest BCUT2D eigenvalue weighted by atomic mass is 79.9. The number of ether oxygens (including phenoxy) is 2. The third-order valence-corrected chi connectivity index (χ3v) is 3.73. The van der Waals surface area contributed by atoms with E-state index in [0.717, 1.165) is 6.07 Å². The molecule has 5 nitrogen and oxygen atoms in total. The van der Waals surface area contributed by atoms with E-state index >= 15 is 0 Å². The molecule has 0 radical (unpaired) electrons. The molecule has 25 heavy (non-hydrogen) atoms. The van der Waals surface area contributed by atoms with Crippen LogP contribution in [-0.4, -0.2) is 24.6 Å². The molecule has 0 aliphatic rings. The summed E-state index contributed by atoms with van der Waals surface area (Å²) in [5.41, 5.74) is 0.292. The Morgan fingerprint density at radius 3 is 2.52 bits per heavy atom. The SMILES string of the molecule is CCOc1ccc(NC(=O)[C@@H](C)OC(=O)c2cc(Br)ccc2F)cc1. The molecule has 1 atom stereocenters. The van der Waals surface area contributed by atoms with E-state index in [2.05, 4.69) is 21.2 Å². The molecular formula is C18H17BrFNO4. The Hall–Kier alpha value is -2.41. The van der Waals surface area contributed by atoms with Crippen LogP contribution in [-0.2, 0) is 9.53 Å². The summed E-state index contributed by atoms with van der Waals surface area (Å²) in [6.07, 6.45) is -1.09. The predicted molar refractivity (Wildman–Crippen MR) is 95.2 cm³/mol. The molecule has 0 fully saturated rings. The maximum absolute atomic E-state index is 13.7. The van der Waals surface area contributed by atoms with Gasteiger partial charge in [0.1, 0.15) is 11.6 Å². The van der Waals surface area contributed by atoms with Gasteiger partial charge in [-0.3, -0.25) is 4.79 Å². The van der Waals surface area contributed by atoms with Crippen molar-refractivity contribution in [3.63, 3.8) is 0 Å². The van der Waals surface area contributed by atoms with E-state index in [-0.39, 0.29) is 5.56 Å². The lowest BCUT2D eigenvalue weighted by Gasteiger charge is -2.14. The number of carbonyl (C=O) groups excluding carboxylic acids is 2. The van der Waals surface area contributed by atoms with Gasteiger partial charge in [-0.2, -0.15) is 0 Å². The van der Waals surface area contributed by atoms with Crippen LogP contribution in [0, 0.1) is 5.82 Å². The van der Waals surface area contributed by atoms with Gasteiger partial charge in [0.05, 0.1) is 12.2 Å². The number of rotatable bonds is 6. The van der Waals surface area contributed by atoms with Gasteiger partial charge in [0.25, 0.3) is 5.91 Å². The number of esters is 1. The summed E-state index contributed by atoms with van der Waals surface area (Å²) in [6, 6.07) is 10.7. The fraction of sp³-hybridized carbons (Fsp3) is 0.222. The lowest BCUT2D eigenvalue weighted by molar-refractivity contribution is -0.123. The van der Waals surface area contributed by atoms with E-state index in [1.807, 2.05) is 6.92 Å². The van der Waals surface area contributed by atoms with Gasteiger partial charge in [-0.1, -0.05) is 15.9 Å². The zero-order chi connectivity index (χ0) is 18.4. The number of anilines is 1. The number of hydrogen-bond donors (Lipinski definition) is 1. The van der Waals surface area contributed by atoms with Gasteiger partial charge in [0.15, 0.2) is 6.10 Å². The molecule has 0 saturated heterocycles. The van der Waals surface area contributed by atoms with Crippen LogP contribution in [0.25, 0.3) is 0 Å². The molecule has 2 aromatic carbocycles. The zero-order valence-corrected chi connectivity index (χ0v) is 15.3. The standard InChI is InChI=1S/C18H17BrFNO4/c1-3-24-14-7-5-13(6-8-14)21-17(22)11(2)25-18(23)15-10-12(19)4-9-16(15)20/h4-11H,3H2,1-2H3,(H,21,22)/t11-/m1/s1. The quantitative estimate of drug-likeness (QED) is 0.727. The molecular weight excluding hydrogens is 393 g/mol. The van der Waals surface area contributed by atoms with Gasteiger partial charge in [-0.25, -0.2) is 9.18 Å². The highest BCUT2D eigenvalue weighted by Gasteiger charge is 2.21. The van der Waals surface area contributed by atoms with Crippen molar-refractivity contribution in [2.45, 2.75) is 20.0 Å². The fourth-order valence-electron chi connectivity index (χ4n) is 1.98. The molecule has 0 aliphatic heterocycles. The van der Waals surface area contributed by atoms with E-state index in [9.17, 15) is 14.0 Å². The second kappa shape index (κ2) is 8.62. The van der Waals surface area contributed by atoms with E-state index < -0.39 is 23.8 Å². The minimum Gasteiger partial charge on any atom is -0.494 e. The minimum atomic E-state index is -1.09. The summed E-state index contributed by atoms with van der Waals surface area (Å²) in [4.78, 5) is 24.1. The van der Waals surface area contributed by atoms with Crippen LogP contribution in [0.3, 0.4) is 0 Å². The normalized spacial score (nSPS) is 11.5. The topological polar surface area (TPSA) is 64.6 Å². The minimum absolute atomic E-state index is 0.241. The monoisotopic (exact) mass is 409 g/mol. The van der Waals surface area contributed by atoms with Gasteiger partial charge < -0.3 is 14.8 Å². The number of benzene rings is 2. The Morgan fingerprint density at radius 1 is 1.20 bits per heavy atom. The van der Waals surface area contributed by atoms with Crippen LogP contribution in [0.15, 0.2) is 46.9 Å². The second-order valence-corrected chi connectivity index (χ2v) is 6.03. The summed E-state index contributed by atoms with van der Waals surface area (Å²) in [5.74, 6) is -1.46. The second-order valence-electron chi connectivity index (χ2n) is 5.12. The smallest absolute Gasteiger partial charge is 0.341 e. The van der Waals surface area contributed by atoms with E-state index in [1.165, 1.54) is 19.1 Å². The Morgan fingerprint density at radius 2 is 1.88 bits per heavy atom. The van der Waals surface area contributed by atoms with Crippen LogP contribution in [0.1, 0.15) is 24.2 Å². The first kappa shape index (κ1) is 18.9. The molecule has 0 aromatic heterocycles. The number of hydrogen-bond acceptors (Lipinski definition) is 4. The average molecular weight is 410 g/mol. The number of halogens is 2. The summed E-state index contributed by atoms with van der Waals surface area (Å²) >= 11 is 3.16. The van der Waals surface area contributed by atoms with E-state index in [0.29, 0.717) is 22.5 Å². The Bertz CT molecular complexity index is 764. The lowest BCUT2D eigenvalue weighted by atomic mass is 10.2. The molecule has 7 heteroatoms. The largest absolute Gasteiger partial charge is 0.494 e. The van der Waals surface area contributed by atoms with Crippen LogP contribution in [0.5, 0.6) is 5.75 Å². The Kier molecular flexibility index (Phi) is 6.52. The van der Waals surface area contributed by atoms with Crippen LogP contribution in [0.4, 0.5) is 10.1 Å². The molecule has 0 heterocycles. The van der Waals surface area contributed by atoms with E-state index in [4.69, 9.17) is 9.47 Å². The molecule has 0 bridgehead atoms. The molecule has 132 valence electrons. The molecule has 1 amide bonds. The van der Waals surface area contributed by atoms with Gasteiger partial charge in [-0.05, 0) is 56.3 Å². The summed E-state index contributed by atoms with van der Waals surface area (Å²) < 4.78 is 24.6. The van der Waals surface area contributed by atoms with Crippen molar-refractivity contribution in [1.29, 1.82) is 0 Å². The summed E-state index contributed by atoms with van der Waals surface area (Å²) in [5, 5.41) is 2.62. The van der Waals surface area contributed by atoms with Gasteiger partial charge in [0, 0.05) is 10.2 Å². The molecule has 0 aliphatic carbocycles. The third kappa shape index (κ3) is 5.29. The van der Waals surface area contributed by atoms with E-state index in [1.54, 1.807) is 24.3 Å². The molecule has 0 unspecified atom stereocenters. The first-order valence-corrected chi connectivity index (χ1v) is 8.39. The Labute approximate surface area is 153 Å². The molecule has 0 saturated carbocycles. The van der Waals surface area contributed by atoms with Crippen molar-refractivity contribution in [3.8, 4) is 5.75 Å². The van der Waals surface area contributed by atoms with Crippen molar-refractivity contribution in [3.05, 3.63) is 58.3 Å². The number of nitrogens with one attached hydrogen (secondary N) is 1. The van der Waals surface area contributed by atoms with Gasteiger partial charge in [0.2, 0.25) is 0 Å². The highest BCUT2D eigenvalue weighted by Crippen LogP contribution is 2.18. The molecule has 2 aromatic rings. The van der Waals surface area contributed by atoms with Crippen LogP contribution in [0.2, 0.25) is 0 Å². The van der Waals surface area contributed by atoms with Crippen molar-refractivity contribution in [1.82, 2.24) is 0 Å². The van der Waals surface area contributed by atoms with Gasteiger partial charge >= 0.3 is 5.97 Å². The van der Waals surface area contributed by atoms with Crippen molar-refractivity contribution in [2.75, 3.05) is 11.9 Å². The van der Waals surface area contributed by atoms with Crippen molar-refractivity contribution in [2.24, 2.45) is 0 Å². The maximum atomic E-state index is 13.7. The summed E-state index contributed by atoms with van der Waals surface area (Å²) in [6.45, 7) is 3.84. The summed E-state index contributed by atoms with van der Waals surface area (Å²) in [7, 11) is 0. The van der Waals surface area contributed by atoms with Crippen molar-refractivity contribution < 1.29 is 23.5 Å². The maximum Gasteiger partial charge on any atom is 0.341 e. The Balaban J connectivity index is 1.97.